The van der Waals surface area contributed by atoms with Crippen LogP contribution in [0.1, 0.15) is 17.4 Å². The Morgan fingerprint density at radius 2 is 2.00 bits per heavy atom. The number of aliphatic hydroxyl groups excluding tert-OH is 1. The molecular weight excluding hydrogens is 318 g/mol. The third kappa shape index (κ3) is 4.34. The molecule has 1 N–H and O–H groups in total. The van der Waals surface area contributed by atoms with Gasteiger partial charge in [0.15, 0.2) is 0 Å². The molecule has 1 aromatic carbocycles. The molecule has 1 aromatic heterocycles. The second kappa shape index (κ2) is 8.38. The van der Waals surface area contributed by atoms with E-state index in [1.807, 2.05) is 42.2 Å². The van der Waals surface area contributed by atoms with Gasteiger partial charge in [-0.25, -0.2) is 0 Å². The molecule has 1 unspecified atom stereocenters. The van der Waals surface area contributed by atoms with E-state index in [2.05, 4.69) is 9.88 Å². The standard InChI is InChI=1S/C19H25N3O3/c1-2-25-14-16(23)13-21-9-11-22(12-10-21)19(24)18-17-6-4-3-5-15(17)7-8-20-18/h3-8,16,23H,2,9-14H2,1H3. The first kappa shape index (κ1) is 17.8. The molecule has 1 aliphatic heterocycles. The number of aromatic nitrogens is 1. The van der Waals surface area contributed by atoms with Gasteiger partial charge in [-0.3, -0.25) is 14.7 Å². The molecule has 1 atom stereocenters. The first-order valence-electron chi connectivity index (χ1n) is 8.80. The Balaban J connectivity index is 1.60. The molecule has 25 heavy (non-hydrogen) atoms. The van der Waals surface area contributed by atoms with Gasteiger partial charge in [-0.05, 0) is 18.4 Å². The van der Waals surface area contributed by atoms with Gasteiger partial charge in [0, 0.05) is 50.9 Å². The van der Waals surface area contributed by atoms with Crippen molar-refractivity contribution in [2.24, 2.45) is 0 Å². The third-order valence-corrected chi connectivity index (χ3v) is 4.52. The second-order valence-corrected chi connectivity index (χ2v) is 6.29. The van der Waals surface area contributed by atoms with E-state index in [-0.39, 0.29) is 5.91 Å². The molecule has 0 radical (unpaired) electrons. The van der Waals surface area contributed by atoms with E-state index in [4.69, 9.17) is 4.74 Å². The molecule has 2 heterocycles. The van der Waals surface area contributed by atoms with Crippen LogP contribution in [0.5, 0.6) is 0 Å². The Hall–Kier alpha value is -2.02. The van der Waals surface area contributed by atoms with Gasteiger partial charge < -0.3 is 14.7 Å². The monoisotopic (exact) mass is 343 g/mol. The normalized spacial score (nSPS) is 17.0. The molecule has 0 spiro atoms. The Labute approximate surface area is 148 Å². The summed E-state index contributed by atoms with van der Waals surface area (Å²) in [7, 11) is 0. The number of hydrogen-bond donors (Lipinski definition) is 1. The summed E-state index contributed by atoms with van der Waals surface area (Å²) >= 11 is 0. The van der Waals surface area contributed by atoms with Gasteiger partial charge in [0.1, 0.15) is 5.69 Å². The van der Waals surface area contributed by atoms with Crippen LogP contribution in [-0.4, -0.2) is 77.8 Å². The van der Waals surface area contributed by atoms with Crippen LogP contribution in [-0.2, 0) is 4.74 Å². The lowest BCUT2D eigenvalue weighted by Gasteiger charge is -2.35. The van der Waals surface area contributed by atoms with Gasteiger partial charge >= 0.3 is 0 Å². The van der Waals surface area contributed by atoms with Gasteiger partial charge in [0.05, 0.1) is 12.7 Å². The van der Waals surface area contributed by atoms with Gasteiger partial charge in [-0.2, -0.15) is 0 Å². The van der Waals surface area contributed by atoms with E-state index in [0.717, 1.165) is 23.9 Å². The highest BCUT2D eigenvalue weighted by molar-refractivity contribution is 6.05. The van der Waals surface area contributed by atoms with E-state index in [0.29, 0.717) is 38.5 Å². The molecular formula is C19H25N3O3. The smallest absolute Gasteiger partial charge is 0.273 e. The molecule has 1 fully saturated rings. The van der Waals surface area contributed by atoms with Crippen molar-refractivity contribution in [2.75, 3.05) is 45.9 Å². The van der Waals surface area contributed by atoms with E-state index in [1.54, 1.807) is 6.20 Å². The van der Waals surface area contributed by atoms with Crippen LogP contribution in [0.15, 0.2) is 36.5 Å². The highest BCUT2D eigenvalue weighted by Crippen LogP contribution is 2.18. The van der Waals surface area contributed by atoms with Crippen molar-refractivity contribution in [3.63, 3.8) is 0 Å². The summed E-state index contributed by atoms with van der Waals surface area (Å²) in [6.07, 6.45) is 1.21. The fourth-order valence-corrected chi connectivity index (χ4v) is 3.18. The molecule has 134 valence electrons. The Morgan fingerprint density at radius 3 is 2.76 bits per heavy atom. The van der Waals surface area contributed by atoms with Crippen molar-refractivity contribution >= 4 is 16.7 Å². The summed E-state index contributed by atoms with van der Waals surface area (Å²) < 4.78 is 5.25. The Bertz CT molecular complexity index is 709. The number of ether oxygens (including phenoxy) is 1. The van der Waals surface area contributed by atoms with E-state index in [1.165, 1.54) is 0 Å². The fraction of sp³-hybridized carbons (Fsp3) is 0.474. The molecule has 0 saturated carbocycles. The summed E-state index contributed by atoms with van der Waals surface area (Å²) in [5, 5.41) is 11.9. The minimum atomic E-state index is -0.484. The Kier molecular flexibility index (Phi) is 5.96. The largest absolute Gasteiger partial charge is 0.389 e. The second-order valence-electron chi connectivity index (χ2n) is 6.29. The lowest BCUT2D eigenvalue weighted by atomic mass is 10.1. The molecule has 3 rings (SSSR count). The van der Waals surface area contributed by atoms with Crippen LogP contribution >= 0.6 is 0 Å². The number of aliphatic hydroxyl groups is 1. The molecule has 2 aromatic rings. The molecule has 6 nitrogen and oxygen atoms in total. The minimum absolute atomic E-state index is 0.0219. The van der Waals surface area contributed by atoms with Crippen LogP contribution in [0.25, 0.3) is 10.8 Å². The number of hydrogen-bond acceptors (Lipinski definition) is 5. The summed E-state index contributed by atoms with van der Waals surface area (Å²) in [5.41, 5.74) is 0.517. The van der Waals surface area contributed by atoms with Crippen LogP contribution in [0.3, 0.4) is 0 Å². The molecule has 1 amide bonds. The maximum Gasteiger partial charge on any atom is 0.273 e. The first-order chi connectivity index (χ1) is 12.2. The number of β-amino-alcohol motifs (C(OH)–C–C–N with tert-alkyl or cyclic N) is 1. The average Bonchev–Trinajstić information content (AvgIpc) is 2.66. The number of benzene rings is 1. The highest BCUT2D eigenvalue weighted by Gasteiger charge is 2.25. The molecule has 0 aliphatic carbocycles. The lowest BCUT2D eigenvalue weighted by molar-refractivity contribution is 0.0111. The van der Waals surface area contributed by atoms with Gasteiger partial charge in [-0.15, -0.1) is 0 Å². The van der Waals surface area contributed by atoms with Crippen molar-refractivity contribution in [1.29, 1.82) is 0 Å². The molecule has 6 heteroatoms. The number of carbonyl (C=O) groups is 1. The van der Waals surface area contributed by atoms with E-state index < -0.39 is 6.10 Å². The quantitative estimate of drug-likeness (QED) is 0.859. The topological polar surface area (TPSA) is 65.9 Å². The van der Waals surface area contributed by atoms with Gasteiger partial charge in [0.25, 0.3) is 5.91 Å². The number of carbonyl (C=O) groups excluding carboxylic acids is 1. The van der Waals surface area contributed by atoms with E-state index in [9.17, 15) is 9.90 Å². The summed E-state index contributed by atoms with van der Waals surface area (Å²) in [6.45, 7) is 6.25. The fourth-order valence-electron chi connectivity index (χ4n) is 3.18. The maximum atomic E-state index is 12.9. The van der Waals surface area contributed by atoms with Crippen LogP contribution in [0, 0.1) is 0 Å². The van der Waals surface area contributed by atoms with Crippen LogP contribution < -0.4 is 0 Å². The third-order valence-electron chi connectivity index (χ3n) is 4.52. The van der Waals surface area contributed by atoms with Crippen LogP contribution in [0.4, 0.5) is 0 Å². The van der Waals surface area contributed by atoms with Crippen molar-refractivity contribution < 1.29 is 14.6 Å². The van der Waals surface area contributed by atoms with Gasteiger partial charge in [0.2, 0.25) is 0 Å². The zero-order chi connectivity index (χ0) is 17.6. The number of nitrogens with zero attached hydrogens (tertiary/aromatic N) is 3. The number of fused-ring (bicyclic) bond motifs is 1. The zero-order valence-electron chi connectivity index (χ0n) is 14.6. The summed E-state index contributed by atoms with van der Waals surface area (Å²) in [6, 6.07) is 9.74. The lowest BCUT2D eigenvalue weighted by Crippen LogP contribution is -2.51. The number of rotatable bonds is 6. The Morgan fingerprint density at radius 1 is 1.24 bits per heavy atom. The first-order valence-corrected chi connectivity index (χ1v) is 8.80. The van der Waals surface area contributed by atoms with Crippen molar-refractivity contribution in [1.82, 2.24) is 14.8 Å². The number of amides is 1. The molecule has 0 bridgehead atoms. The number of pyridine rings is 1. The molecule has 1 aliphatic rings. The molecule has 1 saturated heterocycles. The number of piperazine rings is 1. The predicted octanol–water partition coefficient (Wildman–Crippen LogP) is 1.39. The average molecular weight is 343 g/mol. The maximum absolute atomic E-state index is 12.9. The van der Waals surface area contributed by atoms with Crippen molar-refractivity contribution in [3.05, 3.63) is 42.2 Å². The highest BCUT2D eigenvalue weighted by atomic mass is 16.5. The zero-order valence-corrected chi connectivity index (χ0v) is 14.6. The SMILES string of the molecule is CCOCC(O)CN1CCN(C(=O)c2nccc3ccccc23)CC1. The van der Waals surface area contributed by atoms with E-state index >= 15 is 0 Å². The summed E-state index contributed by atoms with van der Waals surface area (Å²) in [5.74, 6) is -0.0219. The van der Waals surface area contributed by atoms with Crippen molar-refractivity contribution in [2.45, 2.75) is 13.0 Å². The van der Waals surface area contributed by atoms with Gasteiger partial charge in [-0.1, -0.05) is 24.3 Å². The minimum Gasteiger partial charge on any atom is -0.389 e. The van der Waals surface area contributed by atoms with Crippen LogP contribution in [0.2, 0.25) is 0 Å². The van der Waals surface area contributed by atoms with Crippen molar-refractivity contribution in [3.8, 4) is 0 Å². The summed E-state index contributed by atoms with van der Waals surface area (Å²) in [4.78, 5) is 21.2. The predicted molar refractivity (Wildman–Crippen MR) is 96.6 cm³/mol.